The summed E-state index contributed by atoms with van der Waals surface area (Å²) in [5.74, 6) is 0. The average Bonchev–Trinajstić information content (AvgIpc) is 2.88. The molecule has 1 heterocycles. The highest BCUT2D eigenvalue weighted by Crippen LogP contribution is 2.31. The minimum Gasteiger partial charge on any atom is -0.324 e. The number of hydrogen-bond acceptors (Lipinski definition) is 5. The molecule has 3 rings (SSSR count). The normalized spacial score (nSPS) is 27.8. The van der Waals surface area contributed by atoms with E-state index in [0.29, 0.717) is 0 Å². The number of benzene rings is 1. The van der Waals surface area contributed by atoms with Gasteiger partial charge in [0.1, 0.15) is 0 Å². The Morgan fingerprint density at radius 3 is 3.13 bits per heavy atom. The number of nitrogens with one attached hydrogen (secondary N) is 2. The van der Waals surface area contributed by atoms with Gasteiger partial charge in [-0.15, -0.1) is 5.11 Å². The lowest BCUT2D eigenvalue weighted by atomic mass is 10.0. The number of rotatable bonds is 1. The van der Waals surface area contributed by atoms with Crippen LogP contribution in [0.5, 0.6) is 0 Å². The van der Waals surface area contributed by atoms with E-state index in [1.807, 2.05) is 0 Å². The first-order valence-electron chi connectivity index (χ1n) is 5.13. The van der Waals surface area contributed by atoms with Crippen molar-refractivity contribution in [2.45, 2.75) is 25.0 Å². The van der Waals surface area contributed by atoms with Gasteiger partial charge in [-0.05, 0) is 29.5 Å². The summed E-state index contributed by atoms with van der Waals surface area (Å²) >= 11 is 0. The van der Waals surface area contributed by atoms with Crippen molar-refractivity contribution in [3.63, 3.8) is 0 Å². The van der Waals surface area contributed by atoms with Crippen LogP contribution in [0.15, 0.2) is 28.5 Å². The van der Waals surface area contributed by atoms with E-state index in [0.717, 1.165) is 18.4 Å². The monoisotopic (exact) mass is 203 g/mol. The summed E-state index contributed by atoms with van der Waals surface area (Å²) in [6.07, 6.45) is 2.06. The molecule has 5 nitrogen and oxygen atoms in total. The second kappa shape index (κ2) is 3.29. The van der Waals surface area contributed by atoms with Gasteiger partial charge in [-0.25, -0.2) is 5.53 Å². The van der Waals surface area contributed by atoms with E-state index in [2.05, 4.69) is 39.5 Å². The molecule has 0 spiro atoms. The van der Waals surface area contributed by atoms with Gasteiger partial charge in [0, 0.05) is 6.04 Å². The van der Waals surface area contributed by atoms with Crippen molar-refractivity contribution in [3.05, 3.63) is 34.9 Å². The SMILES string of the molecule is N[C@H]1CCc2cc(C3N=NNN3)ccc21. The van der Waals surface area contributed by atoms with E-state index in [-0.39, 0.29) is 12.2 Å². The maximum atomic E-state index is 5.98. The molecule has 0 amide bonds. The molecule has 0 saturated heterocycles. The Kier molecular flexibility index (Phi) is 1.93. The van der Waals surface area contributed by atoms with Crippen molar-refractivity contribution in [1.29, 1.82) is 0 Å². The minimum atomic E-state index is -0.0628. The van der Waals surface area contributed by atoms with E-state index >= 15 is 0 Å². The molecule has 1 aliphatic carbocycles. The topological polar surface area (TPSA) is 74.8 Å². The van der Waals surface area contributed by atoms with E-state index in [1.165, 1.54) is 11.1 Å². The van der Waals surface area contributed by atoms with Gasteiger partial charge < -0.3 is 5.73 Å². The van der Waals surface area contributed by atoms with Gasteiger partial charge >= 0.3 is 0 Å². The number of hydrazine groups is 1. The molecule has 2 aliphatic rings. The summed E-state index contributed by atoms with van der Waals surface area (Å²) in [4.78, 5) is 0. The average molecular weight is 203 g/mol. The molecule has 0 radical (unpaired) electrons. The van der Waals surface area contributed by atoms with E-state index in [9.17, 15) is 0 Å². The first kappa shape index (κ1) is 8.82. The van der Waals surface area contributed by atoms with Crippen molar-refractivity contribution in [2.75, 3.05) is 0 Å². The highest BCUT2D eigenvalue weighted by molar-refractivity contribution is 5.38. The molecule has 1 aliphatic heterocycles. The number of fused-ring (bicyclic) bond motifs is 1. The molecule has 5 heteroatoms. The molecular formula is C10H13N5. The van der Waals surface area contributed by atoms with Gasteiger partial charge in [-0.2, -0.15) is 5.43 Å². The van der Waals surface area contributed by atoms with E-state index in [1.54, 1.807) is 0 Å². The Balaban J connectivity index is 1.95. The summed E-state index contributed by atoms with van der Waals surface area (Å²) in [5.41, 5.74) is 15.3. The molecule has 0 bridgehead atoms. The van der Waals surface area contributed by atoms with Gasteiger partial charge in [-0.1, -0.05) is 23.4 Å². The van der Waals surface area contributed by atoms with Gasteiger partial charge in [0.05, 0.1) is 0 Å². The van der Waals surface area contributed by atoms with Crippen molar-refractivity contribution >= 4 is 0 Å². The third-order valence-corrected chi connectivity index (χ3v) is 3.03. The van der Waals surface area contributed by atoms with Gasteiger partial charge in [0.2, 0.25) is 0 Å². The Labute approximate surface area is 87.7 Å². The van der Waals surface area contributed by atoms with Crippen molar-refractivity contribution in [1.82, 2.24) is 11.0 Å². The fraction of sp³-hybridized carbons (Fsp3) is 0.400. The fourth-order valence-electron chi connectivity index (χ4n) is 2.20. The zero-order valence-electron chi connectivity index (χ0n) is 8.27. The van der Waals surface area contributed by atoms with Crippen molar-refractivity contribution in [3.8, 4) is 0 Å². The number of aryl methyl sites for hydroxylation is 1. The Morgan fingerprint density at radius 1 is 1.40 bits per heavy atom. The second-order valence-electron chi connectivity index (χ2n) is 3.98. The van der Waals surface area contributed by atoms with Crippen LogP contribution in [0.4, 0.5) is 0 Å². The van der Waals surface area contributed by atoms with Gasteiger partial charge in [0.15, 0.2) is 6.17 Å². The third-order valence-electron chi connectivity index (χ3n) is 3.03. The molecule has 1 aromatic rings. The highest BCUT2D eigenvalue weighted by Gasteiger charge is 2.21. The summed E-state index contributed by atoms with van der Waals surface area (Å²) in [7, 11) is 0. The van der Waals surface area contributed by atoms with Crippen LogP contribution in [0.2, 0.25) is 0 Å². The van der Waals surface area contributed by atoms with Crippen LogP contribution in [0.25, 0.3) is 0 Å². The molecule has 0 fully saturated rings. The fourth-order valence-corrected chi connectivity index (χ4v) is 2.20. The van der Waals surface area contributed by atoms with Crippen LogP contribution in [0.1, 0.15) is 35.3 Å². The molecule has 15 heavy (non-hydrogen) atoms. The number of nitrogens with two attached hydrogens (primary N) is 1. The summed E-state index contributed by atoms with van der Waals surface area (Å²) < 4.78 is 0. The van der Waals surface area contributed by atoms with Crippen LogP contribution < -0.4 is 16.7 Å². The van der Waals surface area contributed by atoms with Crippen LogP contribution >= 0.6 is 0 Å². The largest absolute Gasteiger partial charge is 0.324 e. The maximum absolute atomic E-state index is 5.98. The Bertz CT molecular complexity index is 414. The molecule has 0 aromatic heterocycles. The zero-order valence-corrected chi connectivity index (χ0v) is 8.27. The molecular weight excluding hydrogens is 190 g/mol. The number of hydrogen-bond donors (Lipinski definition) is 3. The van der Waals surface area contributed by atoms with Crippen molar-refractivity contribution in [2.24, 2.45) is 16.1 Å². The predicted octanol–water partition coefficient (Wildman–Crippen LogP) is 1.11. The first-order chi connectivity index (χ1) is 7.34. The standard InChI is InChI=1S/C10H13N5/c11-9-4-2-6-5-7(1-3-8(6)9)10-12-14-15-13-10/h1,3,5,9-10H,2,4,11H2,(H,12,15)(H,13,14)/t9-/m0/s1. The lowest BCUT2D eigenvalue weighted by molar-refractivity contribution is 0.552. The lowest BCUT2D eigenvalue weighted by Crippen LogP contribution is -2.24. The predicted molar refractivity (Wildman–Crippen MR) is 55.6 cm³/mol. The van der Waals surface area contributed by atoms with Crippen LogP contribution in [0, 0.1) is 0 Å². The quantitative estimate of drug-likeness (QED) is 0.640. The van der Waals surface area contributed by atoms with Crippen LogP contribution in [0.3, 0.4) is 0 Å². The second-order valence-corrected chi connectivity index (χ2v) is 3.98. The first-order valence-corrected chi connectivity index (χ1v) is 5.13. The molecule has 1 aromatic carbocycles. The van der Waals surface area contributed by atoms with Crippen molar-refractivity contribution < 1.29 is 0 Å². The molecule has 4 N–H and O–H groups in total. The zero-order chi connectivity index (χ0) is 10.3. The Hall–Kier alpha value is -1.46. The van der Waals surface area contributed by atoms with Gasteiger partial charge in [0.25, 0.3) is 0 Å². The molecule has 78 valence electrons. The summed E-state index contributed by atoms with van der Waals surface area (Å²) in [6, 6.07) is 6.56. The minimum absolute atomic E-state index is 0.0628. The summed E-state index contributed by atoms with van der Waals surface area (Å²) in [6.45, 7) is 0. The number of nitrogens with zero attached hydrogens (tertiary/aromatic N) is 2. The highest BCUT2D eigenvalue weighted by atomic mass is 15.7. The molecule has 0 saturated carbocycles. The van der Waals surface area contributed by atoms with E-state index in [4.69, 9.17) is 5.73 Å². The lowest BCUT2D eigenvalue weighted by Gasteiger charge is -2.09. The Morgan fingerprint density at radius 2 is 2.33 bits per heavy atom. The third kappa shape index (κ3) is 1.40. The maximum Gasteiger partial charge on any atom is 0.166 e. The van der Waals surface area contributed by atoms with Crippen LogP contribution in [-0.4, -0.2) is 0 Å². The van der Waals surface area contributed by atoms with Crippen LogP contribution in [-0.2, 0) is 6.42 Å². The van der Waals surface area contributed by atoms with E-state index < -0.39 is 0 Å². The summed E-state index contributed by atoms with van der Waals surface area (Å²) in [5, 5.41) is 7.71. The smallest absolute Gasteiger partial charge is 0.166 e. The molecule has 1 unspecified atom stereocenters. The van der Waals surface area contributed by atoms with Gasteiger partial charge in [-0.3, -0.25) is 0 Å². The molecule has 2 atom stereocenters.